The highest BCUT2D eigenvalue weighted by Gasteiger charge is 2.13. The van der Waals surface area contributed by atoms with E-state index in [-0.39, 0.29) is 11.3 Å². The van der Waals surface area contributed by atoms with Gasteiger partial charge >= 0.3 is 5.97 Å². The van der Waals surface area contributed by atoms with Crippen LogP contribution in [0, 0.1) is 12.3 Å². The molecule has 0 fully saturated rings. The summed E-state index contributed by atoms with van der Waals surface area (Å²) in [6.07, 6.45) is 7.07. The van der Waals surface area contributed by atoms with Crippen LogP contribution in [0.25, 0.3) is 0 Å². The molecule has 0 atom stereocenters. The van der Waals surface area contributed by atoms with Crippen LogP contribution in [-0.4, -0.2) is 26.0 Å². The van der Waals surface area contributed by atoms with E-state index in [9.17, 15) is 13.2 Å². The van der Waals surface area contributed by atoms with E-state index in [1.165, 1.54) is 24.3 Å². The van der Waals surface area contributed by atoms with Crippen molar-refractivity contribution in [1.29, 1.82) is 0 Å². The Labute approximate surface area is 119 Å². The second-order valence-corrected chi connectivity index (χ2v) is 6.04. The number of aliphatic carboxylic acids is 1. The molecule has 0 bridgehead atoms. The maximum Gasteiger partial charge on any atom is 0.307 e. The molecule has 1 aromatic rings. The topological polar surface area (TPSA) is 83.5 Å². The molecule has 0 aliphatic rings. The van der Waals surface area contributed by atoms with Crippen molar-refractivity contribution in [2.24, 2.45) is 0 Å². The standard InChI is InChI=1S/C14H17NO4S/c1-2-3-4-5-10-15-20(18,19)13-8-6-12(7-9-13)11-14(16)17/h1,6-9,15H,3-5,10-11H2,(H,16,17). The van der Waals surface area contributed by atoms with E-state index in [0.717, 1.165) is 6.42 Å². The van der Waals surface area contributed by atoms with Crippen LogP contribution in [0.15, 0.2) is 29.2 Å². The molecule has 6 heteroatoms. The number of carbonyl (C=O) groups is 1. The molecule has 0 aliphatic heterocycles. The lowest BCUT2D eigenvalue weighted by Gasteiger charge is -2.07. The van der Waals surface area contributed by atoms with Gasteiger partial charge in [0.05, 0.1) is 11.3 Å². The molecule has 0 aliphatic carbocycles. The molecule has 0 saturated carbocycles. The van der Waals surface area contributed by atoms with E-state index < -0.39 is 16.0 Å². The maximum atomic E-state index is 11.9. The molecule has 1 rings (SSSR count). The number of carboxylic acid groups (broad SMARTS) is 1. The molecule has 108 valence electrons. The van der Waals surface area contributed by atoms with Gasteiger partial charge in [-0.1, -0.05) is 12.1 Å². The summed E-state index contributed by atoms with van der Waals surface area (Å²) in [4.78, 5) is 10.7. The van der Waals surface area contributed by atoms with Crippen LogP contribution in [0.5, 0.6) is 0 Å². The summed E-state index contributed by atoms with van der Waals surface area (Å²) < 4.78 is 26.3. The monoisotopic (exact) mass is 295 g/mol. The minimum atomic E-state index is -3.54. The van der Waals surface area contributed by atoms with E-state index in [1.54, 1.807) is 0 Å². The third-order valence-corrected chi connectivity index (χ3v) is 4.11. The highest BCUT2D eigenvalue weighted by Crippen LogP contribution is 2.11. The highest BCUT2D eigenvalue weighted by molar-refractivity contribution is 7.89. The quantitative estimate of drug-likeness (QED) is 0.561. The van der Waals surface area contributed by atoms with Crippen LogP contribution in [0.1, 0.15) is 24.8 Å². The summed E-state index contributed by atoms with van der Waals surface area (Å²) in [5, 5.41) is 8.64. The van der Waals surface area contributed by atoms with Crippen molar-refractivity contribution in [1.82, 2.24) is 4.72 Å². The Morgan fingerprint density at radius 3 is 2.45 bits per heavy atom. The second-order valence-electron chi connectivity index (χ2n) is 4.27. The Hall–Kier alpha value is -1.84. The van der Waals surface area contributed by atoms with Gasteiger partial charge in [-0.15, -0.1) is 12.3 Å². The summed E-state index contributed by atoms with van der Waals surface area (Å²) >= 11 is 0. The molecule has 20 heavy (non-hydrogen) atoms. The molecule has 0 aromatic heterocycles. The van der Waals surface area contributed by atoms with E-state index in [2.05, 4.69) is 10.6 Å². The van der Waals surface area contributed by atoms with Gasteiger partial charge in [-0.2, -0.15) is 0 Å². The van der Waals surface area contributed by atoms with Gasteiger partial charge in [-0.3, -0.25) is 4.79 Å². The molecule has 0 radical (unpaired) electrons. The predicted molar refractivity (Wildman–Crippen MR) is 75.7 cm³/mol. The van der Waals surface area contributed by atoms with Gasteiger partial charge in [-0.25, -0.2) is 13.1 Å². The molecular formula is C14H17NO4S. The van der Waals surface area contributed by atoms with Gasteiger partial charge in [0, 0.05) is 13.0 Å². The minimum Gasteiger partial charge on any atom is -0.481 e. The smallest absolute Gasteiger partial charge is 0.307 e. The SMILES string of the molecule is C#CCCCCNS(=O)(=O)c1ccc(CC(=O)O)cc1. The van der Waals surface area contributed by atoms with Crippen LogP contribution in [0.2, 0.25) is 0 Å². The minimum absolute atomic E-state index is 0.125. The van der Waals surface area contributed by atoms with Crippen molar-refractivity contribution in [2.75, 3.05) is 6.54 Å². The van der Waals surface area contributed by atoms with Crippen LogP contribution in [0.3, 0.4) is 0 Å². The number of benzene rings is 1. The first-order valence-electron chi connectivity index (χ1n) is 6.19. The Bertz CT molecular complexity index is 585. The fourth-order valence-corrected chi connectivity index (χ4v) is 2.68. The fourth-order valence-electron chi connectivity index (χ4n) is 1.60. The zero-order valence-corrected chi connectivity index (χ0v) is 11.8. The third-order valence-electron chi connectivity index (χ3n) is 2.63. The lowest BCUT2D eigenvalue weighted by Crippen LogP contribution is -2.24. The zero-order chi connectivity index (χ0) is 15.0. The first-order chi connectivity index (χ1) is 9.45. The van der Waals surface area contributed by atoms with E-state index >= 15 is 0 Å². The summed E-state index contributed by atoms with van der Waals surface area (Å²) in [5.74, 6) is 1.54. The van der Waals surface area contributed by atoms with Crippen molar-refractivity contribution in [3.8, 4) is 12.3 Å². The average Bonchev–Trinajstić information content (AvgIpc) is 2.38. The van der Waals surface area contributed by atoms with Gasteiger partial charge in [0.25, 0.3) is 0 Å². The number of hydrogen-bond donors (Lipinski definition) is 2. The predicted octanol–water partition coefficient (Wildman–Crippen LogP) is 1.40. The molecule has 2 N–H and O–H groups in total. The number of terminal acetylenes is 1. The molecular weight excluding hydrogens is 278 g/mol. The number of sulfonamides is 1. The van der Waals surface area contributed by atoms with Crippen LogP contribution < -0.4 is 4.72 Å². The first-order valence-corrected chi connectivity index (χ1v) is 7.68. The molecule has 5 nitrogen and oxygen atoms in total. The van der Waals surface area contributed by atoms with Crippen LogP contribution in [-0.2, 0) is 21.2 Å². The van der Waals surface area contributed by atoms with Gasteiger partial charge in [0.15, 0.2) is 0 Å². The number of carboxylic acids is 1. The molecule has 0 saturated heterocycles. The number of hydrogen-bond acceptors (Lipinski definition) is 3. The van der Waals surface area contributed by atoms with Crippen LogP contribution >= 0.6 is 0 Å². The van der Waals surface area contributed by atoms with Crippen molar-refractivity contribution in [3.05, 3.63) is 29.8 Å². The lowest BCUT2D eigenvalue weighted by molar-refractivity contribution is -0.136. The maximum absolute atomic E-state index is 11.9. The van der Waals surface area contributed by atoms with Gasteiger partial charge in [0.2, 0.25) is 10.0 Å². The summed E-state index contributed by atoms with van der Waals surface area (Å²) in [5.41, 5.74) is 0.561. The Morgan fingerprint density at radius 1 is 1.25 bits per heavy atom. The Kier molecular flexibility index (Phi) is 6.22. The van der Waals surface area contributed by atoms with Crippen LogP contribution in [0.4, 0.5) is 0 Å². The van der Waals surface area contributed by atoms with Crippen molar-refractivity contribution in [3.63, 3.8) is 0 Å². The lowest BCUT2D eigenvalue weighted by atomic mass is 10.2. The van der Waals surface area contributed by atoms with Gasteiger partial charge in [0.1, 0.15) is 0 Å². The fraction of sp³-hybridized carbons (Fsp3) is 0.357. The molecule has 1 aromatic carbocycles. The largest absolute Gasteiger partial charge is 0.481 e. The van der Waals surface area contributed by atoms with Crippen molar-refractivity contribution < 1.29 is 18.3 Å². The Morgan fingerprint density at radius 2 is 1.90 bits per heavy atom. The zero-order valence-electron chi connectivity index (χ0n) is 11.0. The summed E-state index contributed by atoms with van der Waals surface area (Å²) in [6, 6.07) is 5.81. The Balaban J connectivity index is 2.59. The van der Waals surface area contributed by atoms with Crippen molar-refractivity contribution >= 4 is 16.0 Å². The third kappa shape index (κ3) is 5.43. The molecule has 0 unspecified atom stereocenters. The average molecular weight is 295 g/mol. The molecule has 0 heterocycles. The van der Waals surface area contributed by atoms with Crippen molar-refractivity contribution in [2.45, 2.75) is 30.6 Å². The number of nitrogens with one attached hydrogen (secondary N) is 1. The number of rotatable bonds is 8. The summed E-state index contributed by atoms with van der Waals surface area (Å²) in [7, 11) is -3.54. The highest BCUT2D eigenvalue weighted by atomic mass is 32.2. The first kappa shape index (κ1) is 16.2. The van der Waals surface area contributed by atoms with E-state index in [0.29, 0.717) is 24.9 Å². The molecule has 0 amide bonds. The van der Waals surface area contributed by atoms with E-state index in [1.807, 2.05) is 0 Å². The number of unbranched alkanes of at least 4 members (excludes halogenated alkanes) is 2. The van der Waals surface area contributed by atoms with Gasteiger partial charge in [-0.05, 0) is 30.5 Å². The summed E-state index contributed by atoms with van der Waals surface area (Å²) in [6.45, 7) is 0.334. The second kappa shape index (κ2) is 7.68. The molecule has 0 spiro atoms. The van der Waals surface area contributed by atoms with E-state index in [4.69, 9.17) is 11.5 Å². The van der Waals surface area contributed by atoms with Gasteiger partial charge < -0.3 is 5.11 Å². The normalized spacial score (nSPS) is 10.9.